The minimum Gasteiger partial charge on any atom is -0.480 e. The number of aliphatic carboxylic acids is 1. The number of hydrogen-bond acceptors (Lipinski definition) is 3. The average Bonchev–Trinajstić information content (AvgIpc) is 2.30. The van der Waals surface area contributed by atoms with Crippen LogP contribution in [0.15, 0.2) is 0 Å². The van der Waals surface area contributed by atoms with Crippen LogP contribution in [0.25, 0.3) is 0 Å². The van der Waals surface area contributed by atoms with Gasteiger partial charge in [0.05, 0.1) is 0 Å². The number of carboxylic acid groups (broad SMARTS) is 1. The SMILES string of the molecule is CC1CCC(NC(=O)CC2(N)CCC2)(C(=O)O)CC1. The Bertz CT molecular complexity index is 369. The van der Waals surface area contributed by atoms with Crippen LogP contribution in [0.2, 0.25) is 0 Å². The van der Waals surface area contributed by atoms with Gasteiger partial charge in [0.1, 0.15) is 5.54 Å². The molecule has 0 radical (unpaired) electrons. The molecule has 1 amide bonds. The van der Waals surface area contributed by atoms with Gasteiger partial charge in [-0.05, 0) is 50.9 Å². The van der Waals surface area contributed by atoms with Crippen molar-refractivity contribution < 1.29 is 14.7 Å². The van der Waals surface area contributed by atoms with Crippen molar-refractivity contribution >= 4 is 11.9 Å². The van der Waals surface area contributed by atoms with Gasteiger partial charge in [0.2, 0.25) is 5.91 Å². The lowest BCUT2D eigenvalue weighted by Crippen LogP contribution is -2.59. The van der Waals surface area contributed by atoms with Crippen LogP contribution >= 0.6 is 0 Å². The Morgan fingerprint density at radius 1 is 1.26 bits per heavy atom. The summed E-state index contributed by atoms with van der Waals surface area (Å²) in [6, 6.07) is 0. The first-order chi connectivity index (χ1) is 8.85. The zero-order chi connectivity index (χ0) is 14.1. The highest BCUT2D eigenvalue weighted by Crippen LogP contribution is 2.34. The highest BCUT2D eigenvalue weighted by Gasteiger charge is 2.44. The third kappa shape index (κ3) is 3.08. The van der Waals surface area contributed by atoms with Crippen LogP contribution < -0.4 is 11.1 Å². The van der Waals surface area contributed by atoms with Crippen molar-refractivity contribution in [3.63, 3.8) is 0 Å². The van der Waals surface area contributed by atoms with Crippen LogP contribution in [0, 0.1) is 5.92 Å². The van der Waals surface area contributed by atoms with Crippen molar-refractivity contribution in [2.24, 2.45) is 11.7 Å². The van der Waals surface area contributed by atoms with Crippen LogP contribution in [0.4, 0.5) is 0 Å². The van der Waals surface area contributed by atoms with Gasteiger partial charge in [0.15, 0.2) is 0 Å². The van der Waals surface area contributed by atoms with Gasteiger partial charge in [-0.3, -0.25) is 4.79 Å². The summed E-state index contributed by atoms with van der Waals surface area (Å²) in [6.45, 7) is 2.12. The summed E-state index contributed by atoms with van der Waals surface area (Å²) in [5.74, 6) is -0.580. The Morgan fingerprint density at radius 3 is 2.26 bits per heavy atom. The molecule has 0 spiro atoms. The maximum atomic E-state index is 12.1. The fraction of sp³-hybridized carbons (Fsp3) is 0.857. The second kappa shape index (κ2) is 5.12. The lowest BCUT2D eigenvalue weighted by atomic mass is 9.74. The molecular formula is C14H24N2O3. The van der Waals surface area contributed by atoms with Gasteiger partial charge in [-0.1, -0.05) is 6.92 Å². The van der Waals surface area contributed by atoms with E-state index >= 15 is 0 Å². The predicted molar refractivity (Wildman–Crippen MR) is 71.5 cm³/mol. The standard InChI is InChI=1S/C14H24N2O3/c1-10-3-7-14(8-4-10,12(18)19)16-11(17)9-13(15)5-2-6-13/h10H,2-9,15H2,1H3,(H,16,17)(H,18,19). The molecule has 2 aliphatic rings. The lowest BCUT2D eigenvalue weighted by molar-refractivity contribution is -0.150. The van der Waals surface area contributed by atoms with Crippen molar-refractivity contribution in [2.75, 3.05) is 0 Å². The minimum atomic E-state index is -1.07. The summed E-state index contributed by atoms with van der Waals surface area (Å²) in [6.07, 6.45) is 5.76. The van der Waals surface area contributed by atoms with E-state index in [0.717, 1.165) is 32.1 Å². The molecule has 5 nitrogen and oxygen atoms in total. The van der Waals surface area contributed by atoms with Crippen LogP contribution in [0.5, 0.6) is 0 Å². The molecule has 0 saturated heterocycles. The van der Waals surface area contributed by atoms with Gasteiger partial charge in [-0.2, -0.15) is 0 Å². The molecular weight excluding hydrogens is 244 g/mol. The van der Waals surface area contributed by atoms with Crippen molar-refractivity contribution in [3.05, 3.63) is 0 Å². The molecule has 108 valence electrons. The van der Waals surface area contributed by atoms with Crippen LogP contribution in [-0.4, -0.2) is 28.1 Å². The van der Waals surface area contributed by atoms with Gasteiger partial charge < -0.3 is 16.2 Å². The van der Waals surface area contributed by atoms with E-state index in [4.69, 9.17) is 5.73 Å². The van der Waals surface area contributed by atoms with E-state index in [1.807, 2.05) is 0 Å². The quantitative estimate of drug-likeness (QED) is 0.718. The van der Waals surface area contributed by atoms with E-state index in [2.05, 4.69) is 12.2 Å². The predicted octanol–water partition coefficient (Wildman–Crippen LogP) is 1.41. The smallest absolute Gasteiger partial charge is 0.329 e. The Morgan fingerprint density at radius 2 is 1.84 bits per heavy atom. The van der Waals surface area contributed by atoms with Gasteiger partial charge in [0.25, 0.3) is 0 Å². The fourth-order valence-corrected chi connectivity index (χ4v) is 3.09. The van der Waals surface area contributed by atoms with Crippen molar-refractivity contribution in [1.29, 1.82) is 0 Å². The minimum absolute atomic E-state index is 0.209. The number of carboxylic acids is 1. The maximum absolute atomic E-state index is 12.1. The third-order valence-corrected chi connectivity index (χ3v) is 4.78. The van der Waals surface area contributed by atoms with Crippen LogP contribution in [-0.2, 0) is 9.59 Å². The first kappa shape index (κ1) is 14.3. The zero-order valence-electron chi connectivity index (χ0n) is 11.6. The fourth-order valence-electron chi connectivity index (χ4n) is 3.09. The molecule has 4 N–H and O–H groups in total. The second-order valence-electron chi connectivity index (χ2n) is 6.51. The van der Waals surface area contributed by atoms with Gasteiger partial charge in [0, 0.05) is 12.0 Å². The van der Waals surface area contributed by atoms with E-state index in [0.29, 0.717) is 18.8 Å². The van der Waals surface area contributed by atoms with E-state index in [1.165, 1.54) is 0 Å². The summed E-state index contributed by atoms with van der Waals surface area (Å²) in [5, 5.41) is 12.2. The Hall–Kier alpha value is -1.10. The van der Waals surface area contributed by atoms with Gasteiger partial charge in [-0.15, -0.1) is 0 Å². The number of nitrogens with two attached hydrogens (primary N) is 1. The number of carbonyl (C=O) groups excluding carboxylic acids is 1. The summed E-state index contributed by atoms with van der Waals surface area (Å²) < 4.78 is 0. The molecule has 0 heterocycles. The molecule has 2 saturated carbocycles. The molecule has 0 bridgehead atoms. The molecule has 0 aromatic rings. The third-order valence-electron chi connectivity index (χ3n) is 4.78. The van der Waals surface area contributed by atoms with Gasteiger partial charge in [-0.25, -0.2) is 4.79 Å². The van der Waals surface area contributed by atoms with Crippen LogP contribution in [0.3, 0.4) is 0 Å². The Labute approximate surface area is 113 Å². The molecule has 5 heteroatoms. The molecule has 0 aliphatic heterocycles. The summed E-state index contributed by atoms with van der Waals surface area (Å²) >= 11 is 0. The first-order valence-electron chi connectivity index (χ1n) is 7.19. The lowest BCUT2D eigenvalue weighted by Gasteiger charge is -2.40. The molecule has 0 unspecified atom stereocenters. The molecule has 2 aliphatic carbocycles. The van der Waals surface area contributed by atoms with E-state index < -0.39 is 17.0 Å². The monoisotopic (exact) mass is 268 g/mol. The number of hydrogen-bond donors (Lipinski definition) is 3. The van der Waals surface area contributed by atoms with Crippen molar-refractivity contribution in [2.45, 2.75) is 69.4 Å². The number of rotatable bonds is 4. The normalized spacial score (nSPS) is 33.3. The molecule has 19 heavy (non-hydrogen) atoms. The molecule has 2 fully saturated rings. The van der Waals surface area contributed by atoms with E-state index in [9.17, 15) is 14.7 Å². The van der Waals surface area contributed by atoms with E-state index in [-0.39, 0.29) is 12.3 Å². The Balaban J connectivity index is 1.96. The summed E-state index contributed by atoms with van der Waals surface area (Å²) in [4.78, 5) is 23.6. The number of nitrogens with one attached hydrogen (secondary N) is 1. The molecule has 2 rings (SSSR count). The topological polar surface area (TPSA) is 92.4 Å². The molecule has 0 aromatic heterocycles. The summed E-state index contributed by atoms with van der Waals surface area (Å²) in [5.41, 5.74) is 4.58. The first-order valence-corrected chi connectivity index (χ1v) is 7.19. The summed E-state index contributed by atoms with van der Waals surface area (Å²) in [7, 11) is 0. The Kier molecular flexibility index (Phi) is 3.85. The number of carbonyl (C=O) groups is 2. The highest BCUT2D eigenvalue weighted by molar-refractivity contribution is 5.87. The van der Waals surface area contributed by atoms with Crippen molar-refractivity contribution in [1.82, 2.24) is 5.32 Å². The van der Waals surface area contributed by atoms with Crippen molar-refractivity contribution in [3.8, 4) is 0 Å². The molecule has 0 atom stereocenters. The number of amides is 1. The average molecular weight is 268 g/mol. The zero-order valence-corrected chi connectivity index (χ0v) is 11.6. The van der Waals surface area contributed by atoms with E-state index in [1.54, 1.807) is 0 Å². The second-order valence-corrected chi connectivity index (χ2v) is 6.51. The van der Waals surface area contributed by atoms with Gasteiger partial charge >= 0.3 is 5.97 Å². The largest absolute Gasteiger partial charge is 0.480 e. The molecule has 0 aromatic carbocycles. The maximum Gasteiger partial charge on any atom is 0.329 e. The van der Waals surface area contributed by atoms with Crippen LogP contribution in [0.1, 0.15) is 58.3 Å². The highest BCUT2D eigenvalue weighted by atomic mass is 16.4.